The third kappa shape index (κ3) is 3.23. The molecule has 0 spiro atoms. The fourth-order valence-corrected chi connectivity index (χ4v) is 4.50. The van der Waals surface area contributed by atoms with Gasteiger partial charge in [0.2, 0.25) is 5.88 Å². The lowest BCUT2D eigenvalue weighted by atomic mass is 9.88. The summed E-state index contributed by atoms with van der Waals surface area (Å²) in [5.41, 5.74) is -0.367. The minimum absolute atomic E-state index is 0.0268. The van der Waals surface area contributed by atoms with Gasteiger partial charge in [0.05, 0.1) is 37.4 Å². The van der Waals surface area contributed by atoms with E-state index in [1.165, 1.54) is 23.9 Å². The summed E-state index contributed by atoms with van der Waals surface area (Å²) < 4.78 is 40.3. The molecule has 13 heteroatoms. The quantitative estimate of drug-likeness (QED) is 0.443. The van der Waals surface area contributed by atoms with Crippen molar-refractivity contribution in [3.8, 4) is 17.4 Å². The van der Waals surface area contributed by atoms with Crippen molar-refractivity contribution < 1.29 is 27.8 Å². The summed E-state index contributed by atoms with van der Waals surface area (Å²) in [5, 5.41) is 10.0. The summed E-state index contributed by atoms with van der Waals surface area (Å²) in [7, 11) is 1.19. The molecule has 2 N–H and O–H groups in total. The third-order valence-corrected chi connectivity index (χ3v) is 6.18. The number of carbonyl (C=O) groups is 2. The molecule has 3 aromatic heterocycles. The lowest BCUT2D eigenvalue weighted by molar-refractivity contribution is -0.122. The third-order valence-electron chi connectivity index (χ3n) is 6.18. The van der Waals surface area contributed by atoms with Gasteiger partial charge in [0.15, 0.2) is 17.0 Å². The molecular weight excluding hydrogens is 476 g/mol. The number of rotatable bonds is 4. The number of hydrogen-bond acceptors (Lipinski definition) is 8. The van der Waals surface area contributed by atoms with Crippen molar-refractivity contribution in [3.63, 3.8) is 0 Å². The lowest BCUT2D eigenvalue weighted by Crippen LogP contribution is -2.53. The molecule has 6 rings (SSSR count). The molecule has 36 heavy (non-hydrogen) atoms. The first-order chi connectivity index (χ1) is 17.4. The van der Waals surface area contributed by atoms with Gasteiger partial charge in [-0.25, -0.2) is 28.2 Å². The molecule has 0 radical (unpaired) electrons. The van der Waals surface area contributed by atoms with Gasteiger partial charge in [-0.3, -0.25) is 4.79 Å². The molecule has 1 atom stereocenters. The standard InChI is InChI=1S/C23H17F2N7O4/c1-35-22(34)30-23-6-7-36-20-15(23)17(29-21(23)33)27-18(28-20)16-13-8-12(24)9-26-19(13)32(31-16)10-11-4-2-3-5-14(11)25/h2-5,8-9H,6-7,10H2,1H3,(H,30,34)(H,27,28,29,33). The number of aromatic nitrogens is 5. The van der Waals surface area contributed by atoms with Gasteiger partial charge in [-0.15, -0.1) is 0 Å². The number of amides is 2. The fourth-order valence-electron chi connectivity index (χ4n) is 4.50. The highest BCUT2D eigenvalue weighted by Gasteiger charge is 2.54. The van der Waals surface area contributed by atoms with Crippen LogP contribution in [-0.2, 0) is 21.6 Å². The van der Waals surface area contributed by atoms with Crippen LogP contribution in [0.2, 0.25) is 0 Å². The van der Waals surface area contributed by atoms with Crippen molar-refractivity contribution in [2.24, 2.45) is 0 Å². The Hall–Kier alpha value is -4.68. The van der Waals surface area contributed by atoms with E-state index < -0.39 is 29.2 Å². The number of carbonyl (C=O) groups excluding carboxylic acids is 2. The molecule has 2 aliphatic rings. The number of ether oxygens (including phenoxy) is 2. The van der Waals surface area contributed by atoms with Crippen LogP contribution in [0.15, 0.2) is 36.5 Å². The highest BCUT2D eigenvalue weighted by molar-refractivity contribution is 6.07. The van der Waals surface area contributed by atoms with Gasteiger partial charge >= 0.3 is 6.09 Å². The molecule has 11 nitrogen and oxygen atoms in total. The van der Waals surface area contributed by atoms with Gasteiger partial charge in [-0.1, -0.05) is 18.2 Å². The van der Waals surface area contributed by atoms with Gasteiger partial charge in [0, 0.05) is 12.0 Å². The predicted octanol–water partition coefficient (Wildman–Crippen LogP) is 2.50. The molecule has 0 bridgehead atoms. The zero-order valence-electron chi connectivity index (χ0n) is 18.7. The topological polar surface area (TPSA) is 133 Å². The Labute approximate surface area is 201 Å². The molecule has 0 saturated carbocycles. The number of nitrogens with zero attached hydrogens (tertiary/aromatic N) is 5. The summed E-state index contributed by atoms with van der Waals surface area (Å²) >= 11 is 0. The van der Waals surface area contributed by atoms with Crippen LogP contribution in [0, 0.1) is 11.6 Å². The first-order valence-corrected chi connectivity index (χ1v) is 10.9. The molecule has 5 heterocycles. The monoisotopic (exact) mass is 493 g/mol. The smallest absolute Gasteiger partial charge is 0.407 e. The molecule has 1 unspecified atom stereocenters. The van der Waals surface area contributed by atoms with Crippen LogP contribution in [0.1, 0.15) is 17.5 Å². The van der Waals surface area contributed by atoms with Crippen LogP contribution >= 0.6 is 0 Å². The Morgan fingerprint density at radius 2 is 2.14 bits per heavy atom. The highest BCUT2D eigenvalue weighted by Crippen LogP contribution is 2.46. The maximum absolute atomic E-state index is 14.3. The van der Waals surface area contributed by atoms with Gasteiger partial charge in [0.25, 0.3) is 5.91 Å². The molecule has 182 valence electrons. The first-order valence-electron chi connectivity index (χ1n) is 10.9. The molecule has 2 amide bonds. The second kappa shape index (κ2) is 7.93. The number of pyridine rings is 1. The lowest BCUT2D eigenvalue weighted by Gasteiger charge is -2.31. The number of alkyl carbamates (subject to hydrolysis) is 1. The summed E-state index contributed by atoms with van der Waals surface area (Å²) in [6.45, 7) is 0.109. The van der Waals surface area contributed by atoms with Crippen molar-refractivity contribution >= 4 is 28.9 Å². The fraction of sp³-hybridized carbons (Fsp3) is 0.217. The van der Waals surface area contributed by atoms with Crippen LogP contribution in [0.5, 0.6) is 5.88 Å². The summed E-state index contributed by atoms with van der Waals surface area (Å²) in [6, 6.07) is 7.44. The Balaban J connectivity index is 1.50. The zero-order chi connectivity index (χ0) is 25.0. The number of benzene rings is 1. The highest BCUT2D eigenvalue weighted by atomic mass is 19.1. The van der Waals surface area contributed by atoms with Gasteiger partial charge in [-0.2, -0.15) is 10.1 Å². The van der Waals surface area contributed by atoms with E-state index in [2.05, 4.69) is 35.4 Å². The number of halogens is 2. The van der Waals surface area contributed by atoms with Crippen molar-refractivity contribution in [1.29, 1.82) is 0 Å². The van der Waals surface area contributed by atoms with E-state index in [9.17, 15) is 18.4 Å². The van der Waals surface area contributed by atoms with Crippen LogP contribution in [0.4, 0.5) is 19.4 Å². The summed E-state index contributed by atoms with van der Waals surface area (Å²) in [4.78, 5) is 38.0. The average Bonchev–Trinajstić information content (AvgIpc) is 3.35. The second-order valence-electron chi connectivity index (χ2n) is 8.27. The van der Waals surface area contributed by atoms with Crippen molar-refractivity contribution in [2.75, 3.05) is 19.0 Å². The van der Waals surface area contributed by atoms with Gasteiger partial charge in [-0.05, 0) is 12.1 Å². The van der Waals surface area contributed by atoms with Gasteiger partial charge in [0.1, 0.15) is 23.1 Å². The Morgan fingerprint density at radius 3 is 2.94 bits per heavy atom. The largest absolute Gasteiger partial charge is 0.477 e. The van der Waals surface area contributed by atoms with E-state index in [0.29, 0.717) is 11.2 Å². The number of anilines is 1. The van der Waals surface area contributed by atoms with E-state index in [0.717, 1.165) is 6.20 Å². The minimum atomic E-state index is -1.45. The summed E-state index contributed by atoms with van der Waals surface area (Å²) in [5.74, 6) is -1.32. The first kappa shape index (κ1) is 21.8. The Bertz CT molecular complexity index is 1570. The second-order valence-corrected chi connectivity index (χ2v) is 8.27. The van der Waals surface area contributed by atoms with Crippen LogP contribution in [-0.4, -0.2) is 50.4 Å². The SMILES string of the molecule is COC(=O)NC12CCOc3nc(-c4nn(Cc5ccccc5F)c5ncc(F)cc45)nc(c31)NC2=O. The Morgan fingerprint density at radius 1 is 1.31 bits per heavy atom. The average molecular weight is 493 g/mol. The molecule has 1 aromatic carbocycles. The van der Waals surface area contributed by atoms with Crippen molar-refractivity contribution in [3.05, 3.63) is 59.3 Å². The Kier molecular flexibility index (Phi) is 4.81. The van der Waals surface area contributed by atoms with E-state index >= 15 is 0 Å². The van der Waals surface area contributed by atoms with Crippen LogP contribution in [0.25, 0.3) is 22.6 Å². The predicted molar refractivity (Wildman–Crippen MR) is 120 cm³/mol. The molecule has 4 aromatic rings. The molecule has 0 saturated heterocycles. The molecule has 2 aliphatic heterocycles. The maximum atomic E-state index is 14.3. The number of fused-ring (bicyclic) bond motifs is 1. The number of hydrogen-bond donors (Lipinski definition) is 2. The summed E-state index contributed by atoms with van der Waals surface area (Å²) in [6.07, 6.45) is 0.385. The van der Waals surface area contributed by atoms with E-state index in [-0.39, 0.29) is 53.7 Å². The zero-order valence-corrected chi connectivity index (χ0v) is 18.7. The number of methoxy groups -OCH3 is 1. The minimum Gasteiger partial charge on any atom is -0.477 e. The van der Waals surface area contributed by atoms with Gasteiger partial charge < -0.3 is 20.1 Å². The van der Waals surface area contributed by atoms with E-state index in [1.54, 1.807) is 18.2 Å². The van der Waals surface area contributed by atoms with Crippen LogP contribution < -0.4 is 15.4 Å². The van der Waals surface area contributed by atoms with E-state index in [4.69, 9.17) is 4.74 Å². The molecule has 0 fully saturated rings. The normalized spacial score (nSPS) is 17.9. The van der Waals surface area contributed by atoms with E-state index in [1.807, 2.05) is 0 Å². The number of nitrogens with one attached hydrogen (secondary N) is 2. The molecular formula is C23H17F2N7O4. The van der Waals surface area contributed by atoms with Crippen molar-refractivity contribution in [1.82, 2.24) is 30.0 Å². The maximum Gasteiger partial charge on any atom is 0.407 e. The van der Waals surface area contributed by atoms with Crippen LogP contribution in [0.3, 0.4) is 0 Å². The molecule has 0 aliphatic carbocycles. The van der Waals surface area contributed by atoms with Crippen molar-refractivity contribution in [2.45, 2.75) is 18.5 Å².